The maximum absolute atomic E-state index is 12.9. The van der Waals surface area contributed by atoms with E-state index in [0.29, 0.717) is 21.2 Å². The molecule has 0 saturated carbocycles. The van der Waals surface area contributed by atoms with E-state index >= 15 is 0 Å². The van der Waals surface area contributed by atoms with Crippen molar-refractivity contribution in [3.05, 3.63) is 75.3 Å². The maximum Gasteiger partial charge on any atom is 0.306 e. The van der Waals surface area contributed by atoms with E-state index in [1.165, 1.54) is 29.7 Å². The van der Waals surface area contributed by atoms with Gasteiger partial charge in [0, 0.05) is 10.6 Å². The summed E-state index contributed by atoms with van der Waals surface area (Å²) in [6.07, 6.45) is 2.49. The van der Waals surface area contributed by atoms with Crippen molar-refractivity contribution in [1.82, 2.24) is 4.90 Å². The van der Waals surface area contributed by atoms with Crippen molar-refractivity contribution in [2.75, 3.05) is 6.26 Å². The Morgan fingerprint density at radius 3 is 2.67 bits per heavy atom. The highest BCUT2D eigenvalue weighted by atomic mass is 35.5. The quantitative estimate of drug-likeness (QED) is 0.531. The van der Waals surface area contributed by atoms with Crippen LogP contribution in [-0.2, 0) is 23.2 Å². The first kappa shape index (κ1) is 19.5. The highest BCUT2D eigenvalue weighted by molar-refractivity contribution is 7.86. The number of furan rings is 1. The van der Waals surface area contributed by atoms with Gasteiger partial charge in [-0.2, -0.15) is 8.42 Å². The lowest BCUT2D eigenvalue weighted by atomic mass is 10.1. The lowest BCUT2D eigenvalue weighted by Crippen LogP contribution is -2.29. The number of rotatable bonds is 7. The summed E-state index contributed by atoms with van der Waals surface area (Å²) in [4.78, 5) is 15.0. The summed E-state index contributed by atoms with van der Waals surface area (Å²) < 4.78 is 33.5. The van der Waals surface area contributed by atoms with E-state index in [1.807, 2.05) is 5.38 Å². The SMILES string of the molecule is CS(=O)(=O)Oc1ccc(Cl)cc1CN(Cc1ccco1)C(=O)c1cccs1. The van der Waals surface area contributed by atoms with Crippen molar-refractivity contribution < 1.29 is 21.8 Å². The molecule has 1 aromatic carbocycles. The van der Waals surface area contributed by atoms with Gasteiger partial charge in [-0.1, -0.05) is 17.7 Å². The molecule has 0 radical (unpaired) electrons. The normalized spacial score (nSPS) is 11.3. The van der Waals surface area contributed by atoms with E-state index in [1.54, 1.807) is 35.2 Å². The fourth-order valence-corrected chi connectivity index (χ4v) is 3.84. The highest BCUT2D eigenvalue weighted by Gasteiger charge is 2.21. The van der Waals surface area contributed by atoms with Gasteiger partial charge in [-0.05, 0) is 41.8 Å². The second-order valence-corrected chi connectivity index (χ2v) is 8.72. The molecule has 6 nitrogen and oxygen atoms in total. The molecule has 3 rings (SSSR count). The third-order valence-electron chi connectivity index (χ3n) is 3.57. The van der Waals surface area contributed by atoms with Gasteiger partial charge in [0.15, 0.2) is 0 Å². The monoisotopic (exact) mass is 425 g/mol. The number of benzene rings is 1. The van der Waals surface area contributed by atoms with Crippen molar-refractivity contribution >= 4 is 39.0 Å². The largest absolute Gasteiger partial charge is 0.467 e. The average molecular weight is 426 g/mol. The van der Waals surface area contributed by atoms with E-state index < -0.39 is 10.1 Å². The van der Waals surface area contributed by atoms with Crippen molar-refractivity contribution in [1.29, 1.82) is 0 Å². The fraction of sp³-hybridized carbons (Fsp3) is 0.167. The van der Waals surface area contributed by atoms with Crippen molar-refractivity contribution in [2.45, 2.75) is 13.1 Å². The number of thiophene rings is 1. The third kappa shape index (κ3) is 5.35. The van der Waals surface area contributed by atoms with E-state index in [9.17, 15) is 13.2 Å². The highest BCUT2D eigenvalue weighted by Crippen LogP contribution is 2.27. The smallest absolute Gasteiger partial charge is 0.306 e. The van der Waals surface area contributed by atoms with Crippen molar-refractivity contribution in [3.8, 4) is 5.75 Å². The van der Waals surface area contributed by atoms with Crippen LogP contribution < -0.4 is 4.18 Å². The fourth-order valence-electron chi connectivity index (χ4n) is 2.47. The minimum atomic E-state index is -3.72. The molecule has 0 saturated heterocycles. The minimum Gasteiger partial charge on any atom is -0.467 e. The third-order valence-corrected chi connectivity index (χ3v) is 5.15. The van der Waals surface area contributed by atoms with Gasteiger partial charge < -0.3 is 13.5 Å². The maximum atomic E-state index is 12.9. The van der Waals surface area contributed by atoms with Gasteiger partial charge >= 0.3 is 10.1 Å². The molecule has 0 aliphatic heterocycles. The summed E-state index contributed by atoms with van der Waals surface area (Å²) in [5.41, 5.74) is 0.476. The summed E-state index contributed by atoms with van der Waals surface area (Å²) in [5, 5.41) is 2.22. The summed E-state index contributed by atoms with van der Waals surface area (Å²) in [6, 6.07) is 11.6. The van der Waals surface area contributed by atoms with Crippen molar-refractivity contribution in [3.63, 3.8) is 0 Å². The molecule has 142 valence electrons. The molecule has 1 amide bonds. The number of hydrogen-bond donors (Lipinski definition) is 0. The number of hydrogen-bond acceptors (Lipinski definition) is 6. The van der Waals surface area contributed by atoms with Crippen LogP contribution in [0.2, 0.25) is 5.02 Å². The lowest BCUT2D eigenvalue weighted by molar-refractivity contribution is 0.0722. The van der Waals surface area contributed by atoms with E-state index in [-0.39, 0.29) is 24.7 Å². The molecule has 0 unspecified atom stereocenters. The van der Waals surface area contributed by atoms with Crippen LogP contribution in [0.3, 0.4) is 0 Å². The zero-order valence-corrected chi connectivity index (χ0v) is 16.7. The Labute approximate surface area is 166 Å². The topological polar surface area (TPSA) is 76.8 Å². The molecule has 0 atom stereocenters. The van der Waals surface area contributed by atoms with Crippen LogP contribution in [-0.4, -0.2) is 25.5 Å². The number of carbonyl (C=O) groups is 1. The zero-order valence-electron chi connectivity index (χ0n) is 14.3. The van der Waals surface area contributed by atoms with Crippen LogP contribution >= 0.6 is 22.9 Å². The average Bonchev–Trinajstić information content (AvgIpc) is 3.28. The van der Waals surface area contributed by atoms with Crippen LogP contribution in [0.1, 0.15) is 21.0 Å². The molecule has 0 spiro atoms. The second-order valence-electron chi connectivity index (χ2n) is 5.76. The Hall–Kier alpha value is -2.29. The summed E-state index contributed by atoms with van der Waals surface area (Å²) in [6.45, 7) is 0.317. The molecule has 0 aliphatic carbocycles. The molecule has 0 fully saturated rings. The first-order chi connectivity index (χ1) is 12.8. The second kappa shape index (κ2) is 8.16. The Balaban J connectivity index is 1.94. The van der Waals surface area contributed by atoms with E-state index in [0.717, 1.165) is 6.26 Å². The van der Waals surface area contributed by atoms with Crippen LogP contribution in [0.25, 0.3) is 0 Å². The number of nitrogens with zero attached hydrogens (tertiary/aromatic N) is 1. The van der Waals surface area contributed by atoms with Gasteiger partial charge in [-0.25, -0.2) is 0 Å². The Morgan fingerprint density at radius 1 is 1.22 bits per heavy atom. The molecule has 2 heterocycles. The molecule has 0 aliphatic rings. The van der Waals surface area contributed by atoms with Gasteiger partial charge in [0.05, 0.1) is 30.5 Å². The number of carbonyl (C=O) groups excluding carboxylic acids is 1. The van der Waals surface area contributed by atoms with Crippen LogP contribution in [0.5, 0.6) is 5.75 Å². The first-order valence-corrected chi connectivity index (χ1v) is 10.9. The van der Waals surface area contributed by atoms with Gasteiger partial charge in [-0.15, -0.1) is 11.3 Å². The van der Waals surface area contributed by atoms with Gasteiger partial charge in [0.2, 0.25) is 0 Å². The molecule has 2 aromatic heterocycles. The van der Waals surface area contributed by atoms with Crippen LogP contribution in [0.15, 0.2) is 58.5 Å². The first-order valence-electron chi connectivity index (χ1n) is 7.85. The van der Waals surface area contributed by atoms with Gasteiger partial charge in [-0.3, -0.25) is 4.79 Å². The van der Waals surface area contributed by atoms with Crippen LogP contribution in [0.4, 0.5) is 0 Å². The zero-order chi connectivity index (χ0) is 19.4. The van der Waals surface area contributed by atoms with Gasteiger partial charge in [0.1, 0.15) is 11.5 Å². The predicted octanol–water partition coefficient (Wildman–Crippen LogP) is 4.18. The van der Waals surface area contributed by atoms with Crippen molar-refractivity contribution in [2.24, 2.45) is 0 Å². The molecule has 0 N–H and O–H groups in total. The molecule has 9 heteroatoms. The van der Waals surface area contributed by atoms with Crippen LogP contribution in [0, 0.1) is 0 Å². The van der Waals surface area contributed by atoms with E-state index in [4.69, 9.17) is 20.2 Å². The summed E-state index contributed by atoms with van der Waals surface area (Å²) in [5.74, 6) is 0.532. The predicted molar refractivity (Wildman–Crippen MR) is 104 cm³/mol. The molecular weight excluding hydrogens is 410 g/mol. The number of amides is 1. The number of halogens is 1. The molecule has 3 aromatic rings. The Kier molecular flexibility index (Phi) is 5.88. The Morgan fingerprint density at radius 2 is 2.04 bits per heavy atom. The standard InChI is InChI=1S/C18H16ClNO5S2/c1-27(22,23)25-16-7-6-14(19)10-13(16)11-20(12-15-4-2-8-24-15)18(21)17-5-3-9-26-17/h2-10H,11-12H2,1H3. The molecular formula is C18H16ClNO5S2. The Bertz CT molecular complexity index is 1010. The summed E-state index contributed by atoms with van der Waals surface area (Å²) in [7, 11) is -3.72. The summed E-state index contributed by atoms with van der Waals surface area (Å²) >= 11 is 7.39. The lowest BCUT2D eigenvalue weighted by Gasteiger charge is -2.22. The molecule has 27 heavy (non-hydrogen) atoms. The van der Waals surface area contributed by atoms with E-state index in [2.05, 4.69) is 0 Å². The minimum absolute atomic E-state index is 0.100. The van der Waals surface area contributed by atoms with Gasteiger partial charge in [0.25, 0.3) is 5.91 Å². The molecule has 0 bridgehead atoms.